The first-order valence-electron chi connectivity index (χ1n) is 19.5. The molecule has 4 heterocycles. The first-order chi connectivity index (χ1) is 27.9. The molecule has 57 heavy (non-hydrogen) atoms. The Morgan fingerprint density at radius 1 is 0.596 bits per heavy atom. The Bertz CT molecular complexity index is 3520. The fraction of sp³-hybridized carbons (Fsp3) is 0.0769. The summed E-state index contributed by atoms with van der Waals surface area (Å²) in [6.45, 7) is 11.2. The van der Waals surface area contributed by atoms with Gasteiger partial charge in [0.2, 0.25) is 5.95 Å². The third kappa shape index (κ3) is 4.23. The molecule has 5 nitrogen and oxygen atoms in total. The minimum atomic E-state index is -0.161. The van der Waals surface area contributed by atoms with Crippen LogP contribution in [0.25, 0.3) is 105 Å². The van der Waals surface area contributed by atoms with E-state index < -0.39 is 0 Å². The number of allylic oxidation sites excluding steroid dienone is 3. The number of furan rings is 1. The van der Waals surface area contributed by atoms with E-state index in [0.717, 1.165) is 55.5 Å². The second-order valence-corrected chi connectivity index (χ2v) is 15.8. The number of hydrogen-bond acceptors (Lipinski definition) is 3. The zero-order valence-electron chi connectivity index (χ0n) is 31.8. The molecule has 4 aromatic heterocycles. The fourth-order valence-electron chi connectivity index (χ4n) is 9.70. The molecule has 0 atom stereocenters. The van der Waals surface area contributed by atoms with Crippen molar-refractivity contribution < 1.29 is 4.42 Å². The first kappa shape index (κ1) is 32.0. The highest BCUT2D eigenvalue weighted by atomic mass is 16.3. The summed E-state index contributed by atoms with van der Waals surface area (Å²) in [7, 11) is 0. The Labute approximate surface area is 328 Å². The largest absolute Gasteiger partial charge is 0.452 e. The molecular formula is C52H36N4O. The highest BCUT2D eigenvalue weighted by Crippen LogP contribution is 2.50. The van der Waals surface area contributed by atoms with Crippen molar-refractivity contribution in [3.05, 3.63) is 175 Å². The summed E-state index contributed by atoms with van der Waals surface area (Å²) in [5, 5.41) is 8.11. The van der Waals surface area contributed by atoms with Crippen molar-refractivity contribution in [1.82, 2.24) is 19.1 Å². The van der Waals surface area contributed by atoms with E-state index in [1.165, 1.54) is 54.6 Å². The molecule has 7 aromatic carbocycles. The summed E-state index contributed by atoms with van der Waals surface area (Å²) in [5.74, 6) is 0.592. The molecule has 12 rings (SSSR count). The predicted molar refractivity (Wildman–Crippen MR) is 237 cm³/mol. The van der Waals surface area contributed by atoms with Crippen LogP contribution in [0.2, 0.25) is 0 Å². The van der Waals surface area contributed by atoms with Crippen LogP contribution in [0.1, 0.15) is 31.9 Å². The van der Waals surface area contributed by atoms with Crippen molar-refractivity contribution in [2.24, 2.45) is 0 Å². The van der Waals surface area contributed by atoms with Gasteiger partial charge in [-0.1, -0.05) is 135 Å². The molecule has 0 saturated carbocycles. The lowest BCUT2D eigenvalue weighted by Gasteiger charge is -2.22. The summed E-state index contributed by atoms with van der Waals surface area (Å²) < 4.78 is 11.3. The Kier molecular flexibility index (Phi) is 6.41. The molecule has 0 bridgehead atoms. The fourth-order valence-corrected chi connectivity index (χ4v) is 9.70. The van der Waals surface area contributed by atoms with Gasteiger partial charge in [-0.05, 0) is 71.5 Å². The Balaban J connectivity index is 1.30. The van der Waals surface area contributed by atoms with Crippen LogP contribution in [-0.4, -0.2) is 19.1 Å². The molecule has 0 amide bonds. The van der Waals surface area contributed by atoms with Gasteiger partial charge in [0.15, 0.2) is 5.58 Å². The minimum Gasteiger partial charge on any atom is -0.452 e. The van der Waals surface area contributed by atoms with Gasteiger partial charge in [0.25, 0.3) is 0 Å². The van der Waals surface area contributed by atoms with E-state index >= 15 is 0 Å². The lowest BCUT2D eigenvalue weighted by atomic mass is 9.81. The molecule has 0 fully saturated rings. The van der Waals surface area contributed by atoms with Crippen LogP contribution in [0, 0.1) is 0 Å². The quantitative estimate of drug-likeness (QED) is 0.181. The van der Waals surface area contributed by atoms with E-state index in [-0.39, 0.29) is 5.41 Å². The molecule has 0 unspecified atom stereocenters. The highest BCUT2D eigenvalue weighted by molar-refractivity contribution is 6.24. The third-order valence-electron chi connectivity index (χ3n) is 12.7. The van der Waals surface area contributed by atoms with Crippen LogP contribution in [0.3, 0.4) is 0 Å². The van der Waals surface area contributed by atoms with Crippen molar-refractivity contribution in [1.29, 1.82) is 0 Å². The van der Waals surface area contributed by atoms with Gasteiger partial charge in [-0.2, -0.15) is 0 Å². The van der Waals surface area contributed by atoms with Crippen molar-refractivity contribution >= 4 is 82.0 Å². The van der Waals surface area contributed by atoms with E-state index in [9.17, 15) is 0 Å². The second kappa shape index (κ2) is 11.4. The number of rotatable bonds is 4. The van der Waals surface area contributed by atoms with E-state index in [0.29, 0.717) is 11.5 Å². The van der Waals surface area contributed by atoms with E-state index in [4.69, 9.17) is 14.4 Å². The Morgan fingerprint density at radius 2 is 1.23 bits per heavy atom. The van der Waals surface area contributed by atoms with Crippen LogP contribution < -0.4 is 0 Å². The monoisotopic (exact) mass is 732 g/mol. The lowest BCUT2D eigenvalue weighted by Crippen LogP contribution is -2.15. The van der Waals surface area contributed by atoms with Gasteiger partial charge in [0.1, 0.15) is 16.8 Å². The van der Waals surface area contributed by atoms with Gasteiger partial charge in [0, 0.05) is 43.3 Å². The van der Waals surface area contributed by atoms with Gasteiger partial charge >= 0.3 is 0 Å². The number of hydrogen-bond donors (Lipinski definition) is 0. The summed E-state index contributed by atoms with van der Waals surface area (Å²) in [4.78, 5) is 10.9. The number of para-hydroxylation sites is 3. The second-order valence-electron chi connectivity index (χ2n) is 15.8. The van der Waals surface area contributed by atoms with Crippen LogP contribution in [0.4, 0.5) is 0 Å². The number of fused-ring (bicyclic) bond motifs is 12. The van der Waals surface area contributed by atoms with Gasteiger partial charge in [0.05, 0.1) is 27.8 Å². The molecule has 11 aromatic rings. The Hall–Kier alpha value is -7.24. The first-order valence-corrected chi connectivity index (χ1v) is 19.5. The van der Waals surface area contributed by atoms with E-state index in [1.807, 2.05) is 42.5 Å². The predicted octanol–water partition coefficient (Wildman–Crippen LogP) is 13.6. The van der Waals surface area contributed by atoms with Crippen LogP contribution in [-0.2, 0) is 5.41 Å². The van der Waals surface area contributed by atoms with Crippen molar-refractivity contribution in [3.63, 3.8) is 0 Å². The van der Waals surface area contributed by atoms with Crippen LogP contribution in [0.5, 0.6) is 0 Å². The highest BCUT2D eigenvalue weighted by Gasteiger charge is 2.36. The molecule has 0 N–H and O–H groups in total. The zero-order chi connectivity index (χ0) is 38.2. The maximum atomic E-state index is 6.56. The summed E-state index contributed by atoms with van der Waals surface area (Å²) >= 11 is 0. The molecule has 5 heteroatoms. The average Bonchev–Trinajstić information content (AvgIpc) is 3.95. The van der Waals surface area contributed by atoms with Crippen molar-refractivity contribution in [2.75, 3.05) is 0 Å². The van der Waals surface area contributed by atoms with E-state index in [1.54, 1.807) is 0 Å². The van der Waals surface area contributed by atoms with E-state index in [2.05, 4.69) is 146 Å². The number of nitrogens with zero attached hydrogens (tertiary/aromatic N) is 4. The maximum absolute atomic E-state index is 6.56. The number of aromatic nitrogens is 4. The minimum absolute atomic E-state index is 0.161. The summed E-state index contributed by atoms with van der Waals surface area (Å²) in [5.41, 5.74) is 14.4. The smallest absolute Gasteiger partial charge is 0.236 e. The van der Waals surface area contributed by atoms with Crippen molar-refractivity contribution in [3.8, 4) is 22.9 Å². The number of benzene rings is 7. The van der Waals surface area contributed by atoms with Crippen molar-refractivity contribution in [2.45, 2.75) is 26.2 Å². The molecule has 0 spiro atoms. The standard InChI is InChI=1S/C52H36N4O/c1-5-32-30(2)52(3,4)40-27-39-43(28-38(32)40)56(51-53-48(31-17-7-6-8-18-31)50-49(54-51)37-23-13-16-26-46(37)57-50)45-29-44(35-21-9-10-22-36(35)47(39)45)55-41-24-14-11-19-33(41)34-20-12-15-25-42(34)55/h5-29H,1H2,2-4H3. The van der Waals surface area contributed by atoms with Gasteiger partial charge in [-0.3, -0.25) is 4.57 Å². The molecule has 0 aliphatic heterocycles. The SMILES string of the molecule is C=CC1=C(C)C(C)(C)c2cc3c4c5ccccc5c(-n5c6ccccc6c6ccccc65)cc4n(-c4nc(-c5ccccc5)c5oc6ccccc6c5n4)c3cc21. The zero-order valence-corrected chi connectivity index (χ0v) is 31.8. The molecule has 0 saturated heterocycles. The van der Waals surface area contributed by atoms with Crippen LogP contribution >= 0.6 is 0 Å². The molecular weight excluding hydrogens is 697 g/mol. The normalized spacial score (nSPS) is 14.0. The average molecular weight is 733 g/mol. The van der Waals surface area contributed by atoms with Gasteiger partial charge < -0.3 is 8.98 Å². The summed E-state index contributed by atoms with van der Waals surface area (Å²) in [6, 6.07) is 51.9. The topological polar surface area (TPSA) is 48.8 Å². The van der Waals surface area contributed by atoms with Crippen LogP contribution in [0.15, 0.2) is 168 Å². The molecule has 0 radical (unpaired) electrons. The summed E-state index contributed by atoms with van der Waals surface area (Å²) in [6.07, 6.45) is 2.02. The lowest BCUT2D eigenvalue weighted by molar-refractivity contribution is 0.640. The molecule has 1 aliphatic carbocycles. The Morgan fingerprint density at radius 3 is 1.95 bits per heavy atom. The van der Waals surface area contributed by atoms with Gasteiger partial charge in [-0.15, -0.1) is 0 Å². The third-order valence-corrected chi connectivity index (χ3v) is 12.7. The maximum Gasteiger partial charge on any atom is 0.236 e. The van der Waals surface area contributed by atoms with Gasteiger partial charge in [-0.25, -0.2) is 9.97 Å². The molecule has 1 aliphatic rings. The molecule has 270 valence electrons.